The molecule has 4 rings (SSSR count). The lowest BCUT2D eigenvalue weighted by molar-refractivity contribution is 0.0908. The molecule has 1 aliphatic rings. The maximum atomic E-state index is 13.5. The quantitative estimate of drug-likeness (QED) is 0.421. The molecule has 1 saturated heterocycles. The van der Waals surface area contributed by atoms with E-state index in [0.29, 0.717) is 16.8 Å². The van der Waals surface area contributed by atoms with Crippen molar-refractivity contribution in [2.24, 2.45) is 0 Å². The number of benzene rings is 2. The summed E-state index contributed by atoms with van der Waals surface area (Å²) in [5, 5.41) is 3.14. The number of aromatic nitrogens is 1. The predicted molar refractivity (Wildman–Crippen MR) is 141 cm³/mol. The van der Waals surface area contributed by atoms with Gasteiger partial charge in [-0.05, 0) is 75.3 Å². The molecule has 1 amide bonds. The molecule has 36 heavy (non-hydrogen) atoms. The van der Waals surface area contributed by atoms with E-state index in [1.54, 1.807) is 30.5 Å². The van der Waals surface area contributed by atoms with E-state index in [-0.39, 0.29) is 17.8 Å². The van der Waals surface area contributed by atoms with Gasteiger partial charge in [-0.15, -0.1) is 0 Å². The highest BCUT2D eigenvalue weighted by Gasteiger charge is 2.21. The van der Waals surface area contributed by atoms with Crippen LogP contribution in [0.5, 0.6) is 5.75 Å². The Bertz CT molecular complexity index is 1130. The van der Waals surface area contributed by atoms with Gasteiger partial charge < -0.3 is 15.0 Å². The second-order valence-corrected chi connectivity index (χ2v) is 9.62. The van der Waals surface area contributed by atoms with Crippen LogP contribution < -0.4 is 10.1 Å². The van der Waals surface area contributed by atoms with Crippen LogP contribution in [0.2, 0.25) is 0 Å². The Morgan fingerprint density at radius 1 is 1.11 bits per heavy atom. The minimum absolute atomic E-state index is 0.120. The van der Waals surface area contributed by atoms with Crippen molar-refractivity contribution in [2.75, 3.05) is 40.3 Å². The number of hydrogen-bond acceptors (Lipinski definition) is 5. The molecule has 190 valence electrons. The number of halogens is 1. The lowest BCUT2D eigenvalue weighted by atomic mass is 10.0. The van der Waals surface area contributed by atoms with Crippen LogP contribution in [0.1, 0.15) is 35.2 Å². The van der Waals surface area contributed by atoms with Gasteiger partial charge in [0.1, 0.15) is 11.6 Å². The average Bonchev–Trinajstić information content (AvgIpc) is 2.88. The van der Waals surface area contributed by atoms with Gasteiger partial charge in [0, 0.05) is 44.0 Å². The van der Waals surface area contributed by atoms with Crippen molar-refractivity contribution < 1.29 is 13.9 Å². The van der Waals surface area contributed by atoms with Gasteiger partial charge in [-0.25, -0.2) is 4.39 Å². The lowest BCUT2D eigenvalue weighted by Gasteiger charge is -2.32. The zero-order chi connectivity index (χ0) is 25.3. The summed E-state index contributed by atoms with van der Waals surface area (Å²) in [5.41, 5.74) is 3.09. The number of ether oxygens (including phenoxy) is 1. The molecule has 0 aliphatic carbocycles. The number of amides is 1. The second-order valence-electron chi connectivity index (χ2n) is 9.62. The molecule has 0 atom stereocenters. The van der Waals surface area contributed by atoms with Crippen LogP contribution >= 0.6 is 0 Å². The zero-order valence-electron chi connectivity index (χ0n) is 21.1. The van der Waals surface area contributed by atoms with Gasteiger partial charge in [-0.3, -0.25) is 14.7 Å². The summed E-state index contributed by atoms with van der Waals surface area (Å²) in [6.07, 6.45) is 4.37. The molecule has 0 radical (unpaired) electrons. The van der Waals surface area contributed by atoms with Crippen molar-refractivity contribution in [3.63, 3.8) is 0 Å². The first-order valence-corrected chi connectivity index (χ1v) is 12.6. The van der Waals surface area contributed by atoms with Crippen LogP contribution in [0.4, 0.5) is 4.39 Å². The Morgan fingerprint density at radius 2 is 1.92 bits per heavy atom. The first-order valence-electron chi connectivity index (χ1n) is 12.6. The Labute approximate surface area is 213 Å². The lowest BCUT2D eigenvalue weighted by Crippen LogP contribution is -2.44. The zero-order valence-corrected chi connectivity index (χ0v) is 21.1. The summed E-state index contributed by atoms with van der Waals surface area (Å²) < 4.78 is 19.4. The SMILES string of the molecule is CN(C)CCCOc1cccc(CN2CCC(NC(=O)c3ccc(-c4cccc(F)c4)nc3)CC2)c1. The maximum Gasteiger partial charge on any atom is 0.253 e. The van der Waals surface area contributed by atoms with E-state index in [0.717, 1.165) is 57.8 Å². The fraction of sp³-hybridized carbons (Fsp3) is 0.379. The second kappa shape index (κ2) is 12.6. The van der Waals surface area contributed by atoms with Crippen LogP contribution in [0, 0.1) is 5.82 Å². The van der Waals surface area contributed by atoms with Crippen LogP contribution in [0.25, 0.3) is 11.3 Å². The van der Waals surface area contributed by atoms with Crippen molar-refractivity contribution in [3.8, 4) is 17.0 Å². The van der Waals surface area contributed by atoms with Crippen molar-refractivity contribution >= 4 is 5.91 Å². The number of carbonyl (C=O) groups is 1. The monoisotopic (exact) mass is 490 g/mol. The molecule has 1 fully saturated rings. The Hall–Kier alpha value is -3.29. The molecule has 1 N–H and O–H groups in total. The summed E-state index contributed by atoms with van der Waals surface area (Å²) in [6, 6.07) is 18.3. The molecule has 0 unspecified atom stereocenters. The highest BCUT2D eigenvalue weighted by Crippen LogP contribution is 2.20. The van der Waals surface area contributed by atoms with Crippen LogP contribution in [0.15, 0.2) is 66.9 Å². The topological polar surface area (TPSA) is 57.7 Å². The standard InChI is InChI=1S/C29H35FN4O2/c1-33(2)14-5-17-36-27-9-3-6-22(18-27)21-34-15-12-26(13-16-34)32-29(35)24-10-11-28(31-20-24)23-7-4-8-25(30)19-23/h3-4,6-11,18-20,26H,5,12-17,21H2,1-2H3,(H,32,35). The fourth-order valence-electron chi connectivity index (χ4n) is 4.41. The normalized spacial score (nSPS) is 14.7. The molecule has 0 spiro atoms. The molecule has 3 aromatic rings. The molecule has 2 aromatic carbocycles. The summed E-state index contributed by atoms with van der Waals surface area (Å²) in [7, 11) is 4.14. The number of likely N-dealkylation sites (tertiary alicyclic amines) is 1. The summed E-state index contributed by atoms with van der Waals surface area (Å²) in [4.78, 5) is 21.7. The van der Waals surface area contributed by atoms with Gasteiger partial charge in [0.2, 0.25) is 0 Å². The number of hydrogen-bond donors (Lipinski definition) is 1. The Morgan fingerprint density at radius 3 is 2.64 bits per heavy atom. The third-order valence-electron chi connectivity index (χ3n) is 6.39. The average molecular weight is 491 g/mol. The molecular weight excluding hydrogens is 455 g/mol. The predicted octanol–water partition coefficient (Wildman–Crippen LogP) is 4.61. The molecule has 2 heterocycles. The van der Waals surface area contributed by atoms with E-state index in [1.807, 2.05) is 6.07 Å². The van der Waals surface area contributed by atoms with Crippen molar-refractivity contribution in [1.29, 1.82) is 0 Å². The molecule has 6 nitrogen and oxygen atoms in total. The number of piperidine rings is 1. The van der Waals surface area contributed by atoms with Gasteiger partial charge in [0.15, 0.2) is 0 Å². The third kappa shape index (κ3) is 7.60. The minimum Gasteiger partial charge on any atom is -0.494 e. The largest absolute Gasteiger partial charge is 0.494 e. The fourth-order valence-corrected chi connectivity index (χ4v) is 4.41. The van der Waals surface area contributed by atoms with Crippen molar-refractivity contribution in [2.45, 2.75) is 31.8 Å². The highest BCUT2D eigenvalue weighted by atomic mass is 19.1. The van der Waals surface area contributed by atoms with Gasteiger partial charge in [0.25, 0.3) is 5.91 Å². The molecule has 7 heteroatoms. The molecule has 1 aromatic heterocycles. The van der Waals surface area contributed by atoms with Crippen LogP contribution in [-0.2, 0) is 6.54 Å². The van der Waals surface area contributed by atoms with Crippen molar-refractivity contribution in [1.82, 2.24) is 20.1 Å². The third-order valence-corrected chi connectivity index (χ3v) is 6.39. The van der Waals surface area contributed by atoms with Crippen LogP contribution in [-0.4, -0.2) is 67.1 Å². The minimum atomic E-state index is -0.306. The number of rotatable bonds is 10. The first-order chi connectivity index (χ1) is 17.5. The smallest absolute Gasteiger partial charge is 0.253 e. The number of pyridine rings is 1. The number of carbonyl (C=O) groups excluding carboxylic acids is 1. The van der Waals surface area contributed by atoms with E-state index in [9.17, 15) is 9.18 Å². The van der Waals surface area contributed by atoms with Gasteiger partial charge >= 0.3 is 0 Å². The Kier molecular flexibility index (Phi) is 9.03. The molecular formula is C29H35FN4O2. The summed E-state index contributed by atoms with van der Waals surface area (Å²) in [5.74, 6) is 0.496. The molecule has 0 saturated carbocycles. The van der Waals surface area contributed by atoms with Crippen molar-refractivity contribution in [3.05, 3.63) is 83.8 Å². The van der Waals surface area contributed by atoms with E-state index < -0.39 is 0 Å². The molecule has 1 aliphatic heterocycles. The summed E-state index contributed by atoms with van der Waals surface area (Å²) >= 11 is 0. The van der Waals surface area contributed by atoms with E-state index >= 15 is 0 Å². The summed E-state index contributed by atoms with van der Waals surface area (Å²) in [6.45, 7) is 4.46. The Balaban J connectivity index is 1.22. The highest BCUT2D eigenvalue weighted by molar-refractivity contribution is 5.94. The van der Waals surface area contributed by atoms with E-state index in [2.05, 4.69) is 52.4 Å². The van der Waals surface area contributed by atoms with Crippen LogP contribution in [0.3, 0.4) is 0 Å². The van der Waals surface area contributed by atoms with Gasteiger partial charge in [-0.1, -0.05) is 24.3 Å². The number of nitrogens with zero attached hydrogens (tertiary/aromatic N) is 3. The first kappa shape index (κ1) is 25.8. The van der Waals surface area contributed by atoms with E-state index in [1.165, 1.54) is 17.7 Å². The van der Waals surface area contributed by atoms with Gasteiger partial charge in [0.05, 0.1) is 17.9 Å². The maximum absolute atomic E-state index is 13.5. The number of nitrogens with one attached hydrogen (secondary N) is 1. The molecule has 0 bridgehead atoms. The van der Waals surface area contributed by atoms with Gasteiger partial charge in [-0.2, -0.15) is 0 Å². The van der Waals surface area contributed by atoms with E-state index in [4.69, 9.17) is 4.74 Å².